The van der Waals surface area contributed by atoms with E-state index in [0.29, 0.717) is 6.54 Å². The molecule has 0 bridgehead atoms. The first kappa shape index (κ1) is 15.2. The average Bonchev–Trinajstić information content (AvgIpc) is 2.75. The Bertz CT molecular complexity index is 303. The Morgan fingerprint density at radius 2 is 2.12 bits per heavy atom. The van der Waals surface area contributed by atoms with Crippen molar-refractivity contribution >= 4 is 27.3 Å². The molecule has 0 spiro atoms. The van der Waals surface area contributed by atoms with Crippen molar-refractivity contribution in [2.75, 3.05) is 13.2 Å². The van der Waals surface area contributed by atoms with Crippen LogP contribution in [0.4, 0.5) is 0 Å². The highest BCUT2D eigenvalue weighted by molar-refractivity contribution is 9.10. The van der Waals surface area contributed by atoms with Crippen molar-refractivity contribution in [2.24, 2.45) is 5.73 Å². The summed E-state index contributed by atoms with van der Waals surface area (Å²) in [6, 6.07) is 2.10. The fraction of sp³-hybridized carbons (Fsp3) is 0.692. The predicted octanol–water partition coefficient (Wildman–Crippen LogP) is 4.50. The second-order valence-corrected chi connectivity index (χ2v) is 6.04. The first-order valence-corrected chi connectivity index (χ1v) is 8.00. The minimum Gasteiger partial charge on any atom is -0.371 e. The second-order valence-electron chi connectivity index (χ2n) is 4.18. The lowest BCUT2D eigenvalue weighted by molar-refractivity contribution is 0.0581. The van der Waals surface area contributed by atoms with Crippen molar-refractivity contribution in [2.45, 2.75) is 45.1 Å². The third-order valence-corrected chi connectivity index (χ3v) is 4.47. The maximum Gasteiger partial charge on any atom is 0.104 e. The molecular formula is C13H22BrNOS. The van der Waals surface area contributed by atoms with Gasteiger partial charge in [0, 0.05) is 27.9 Å². The topological polar surface area (TPSA) is 35.2 Å². The molecule has 0 aliphatic carbocycles. The molecular weight excluding hydrogens is 298 g/mol. The zero-order valence-corrected chi connectivity index (χ0v) is 12.9. The molecule has 98 valence electrons. The average molecular weight is 320 g/mol. The standard InChI is InChI=1S/C13H22BrNOS/c1-2-3-4-5-6-7-16-12(9-15)13-8-11(14)10-17-13/h8,10,12H,2-7,9,15H2,1H3. The van der Waals surface area contributed by atoms with Crippen molar-refractivity contribution < 1.29 is 4.74 Å². The molecule has 1 heterocycles. The molecule has 0 saturated heterocycles. The first-order chi connectivity index (χ1) is 8.27. The van der Waals surface area contributed by atoms with Crippen molar-refractivity contribution in [3.63, 3.8) is 0 Å². The lowest BCUT2D eigenvalue weighted by Crippen LogP contribution is -2.15. The summed E-state index contributed by atoms with van der Waals surface area (Å²) in [4.78, 5) is 1.22. The van der Waals surface area contributed by atoms with Crippen LogP contribution in [0, 0.1) is 0 Å². The fourth-order valence-electron chi connectivity index (χ4n) is 1.69. The summed E-state index contributed by atoms with van der Waals surface area (Å²) in [5.74, 6) is 0. The van der Waals surface area contributed by atoms with Gasteiger partial charge in [-0.1, -0.05) is 32.6 Å². The van der Waals surface area contributed by atoms with Crippen LogP contribution in [0.2, 0.25) is 0 Å². The summed E-state index contributed by atoms with van der Waals surface area (Å²) in [5.41, 5.74) is 5.74. The quantitative estimate of drug-likeness (QED) is 0.680. The SMILES string of the molecule is CCCCCCCOC(CN)c1cc(Br)cs1. The molecule has 1 rings (SSSR count). The largest absolute Gasteiger partial charge is 0.371 e. The molecule has 0 fully saturated rings. The molecule has 0 aliphatic heterocycles. The summed E-state index contributed by atoms with van der Waals surface area (Å²) in [5, 5.41) is 2.07. The Balaban J connectivity index is 2.19. The van der Waals surface area contributed by atoms with Crippen molar-refractivity contribution in [1.82, 2.24) is 0 Å². The highest BCUT2D eigenvalue weighted by atomic mass is 79.9. The third kappa shape index (κ3) is 6.00. The third-order valence-electron chi connectivity index (χ3n) is 2.69. The summed E-state index contributed by atoms with van der Waals surface area (Å²) in [7, 11) is 0. The van der Waals surface area contributed by atoms with Gasteiger partial charge in [-0.15, -0.1) is 11.3 Å². The van der Waals surface area contributed by atoms with Gasteiger partial charge in [0.25, 0.3) is 0 Å². The molecule has 0 aliphatic rings. The number of halogens is 1. The lowest BCUT2D eigenvalue weighted by atomic mass is 10.2. The second kappa shape index (κ2) is 9.09. The number of rotatable bonds is 9. The van der Waals surface area contributed by atoms with Crippen molar-refractivity contribution in [3.05, 3.63) is 20.8 Å². The zero-order valence-electron chi connectivity index (χ0n) is 10.5. The van der Waals surface area contributed by atoms with Gasteiger partial charge in [-0.2, -0.15) is 0 Å². The Morgan fingerprint density at radius 3 is 2.71 bits per heavy atom. The van der Waals surface area contributed by atoms with E-state index in [4.69, 9.17) is 10.5 Å². The van der Waals surface area contributed by atoms with E-state index in [9.17, 15) is 0 Å². The molecule has 0 aromatic carbocycles. The van der Waals surface area contributed by atoms with Gasteiger partial charge >= 0.3 is 0 Å². The maximum atomic E-state index is 5.84. The summed E-state index contributed by atoms with van der Waals surface area (Å²) in [6.07, 6.45) is 6.41. The molecule has 4 heteroatoms. The zero-order chi connectivity index (χ0) is 12.5. The molecule has 17 heavy (non-hydrogen) atoms. The van der Waals surface area contributed by atoms with E-state index in [1.54, 1.807) is 11.3 Å². The van der Waals surface area contributed by atoms with Crippen LogP contribution in [-0.2, 0) is 4.74 Å². The van der Waals surface area contributed by atoms with Gasteiger partial charge in [-0.25, -0.2) is 0 Å². The smallest absolute Gasteiger partial charge is 0.104 e. The molecule has 1 aromatic rings. The lowest BCUT2D eigenvalue weighted by Gasteiger charge is -2.14. The normalized spacial score (nSPS) is 12.9. The molecule has 0 radical (unpaired) electrons. The van der Waals surface area contributed by atoms with E-state index in [1.807, 2.05) is 0 Å². The van der Waals surface area contributed by atoms with Crippen LogP contribution in [0.1, 0.15) is 50.0 Å². The van der Waals surface area contributed by atoms with E-state index in [-0.39, 0.29) is 6.10 Å². The van der Waals surface area contributed by atoms with Gasteiger partial charge in [0.05, 0.1) is 0 Å². The molecule has 0 amide bonds. The Kier molecular flexibility index (Phi) is 8.10. The van der Waals surface area contributed by atoms with Crippen molar-refractivity contribution in [1.29, 1.82) is 0 Å². The minimum atomic E-state index is 0.0671. The number of unbranched alkanes of at least 4 members (excludes halogenated alkanes) is 4. The maximum absolute atomic E-state index is 5.84. The van der Waals surface area contributed by atoms with Gasteiger partial charge in [0.15, 0.2) is 0 Å². The highest BCUT2D eigenvalue weighted by Gasteiger charge is 2.11. The summed E-state index contributed by atoms with van der Waals surface area (Å²) < 4.78 is 6.95. The minimum absolute atomic E-state index is 0.0671. The Hall–Kier alpha value is 0.1000. The van der Waals surface area contributed by atoms with Gasteiger partial charge < -0.3 is 10.5 Å². The fourth-order valence-corrected chi connectivity index (χ4v) is 3.20. The number of hydrogen-bond donors (Lipinski definition) is 1. The van der Waals surface area contributed by atoms with E-state index >= 15 is 0 Å². The van der Waals surface area contributed by atoms with Crippen LogP contribution >= 0.6 is 27.3 Å². The highest BCUT2D eigenvalue weighted by Crippen LogP contribution is 2.27. The molecule has 1 atom stereocenters. The predicted molar refractivity (Wildman–Crippen MR) is 78.5 cm³/mol. The van der Waals surface area contributed by atoms with Crippen LogP contribution in [0.25, 0.3) is 0 Å². The first-order valence-electron chi connectivity index (χ1n) is 6.33. The van der Waals surface area contributed by atoms with Crippen LogP contribution in [-0.4, -0.2) is 13.2 Å². The Morgan fingerprint density at radius 1 is 1.35 bits per heavy atom. The monoisotopic (exact) mass is 319 g/mol. The molecule has 2 N–H and O–H groups in total. The summed E-state index contributed by atoms with van der Waals surface area (Å²) >= 11 is 5.16. The molecule has 1 aromatic heterocycles. The van der Waals surface area contributed by atoms with Crippen LogP contribution in [0.15, 0.2) is 15.9 Å². The van der Waals surface area contributed by atoms with Gasteiger partial charge in [0.2, 0.25) is 0 Å². The van der Waals surface area contributed by atoms with E-state index in [0.717, 1.165) is 17.5 Å². The number of hydrogen-bond acceptors (Lipinski definition) is 3. The number of ether oxygens (including phenoxy) is 1. The van der Waals surface area contributed by atoms with Gasteiger partial charge in [-0.05, 0) is 28.4 Å². The Labute approximate surface area is 117 Å². The van der Waals surface area contributed by atoms with E-state index in [1.165, 1.54) is 30.6 Å². The number of nitrogens with two attached hydrogens (primary N) is 1. The molecule has 2 nitrogen and oxygen atoms in total. The molecule has 0 saturated carbocycles. The van der Waals surface area contributed by atoms with Crippen molar-refractivity contribution in [3.8, 4) is 0 Å². The van der Waals surface area contributed by atoms with E-state index in [2.05, 4.69) is 34.3 Å². The van der Waals surface area contributed by atoms with Gasteiger partial charge in [0.1, 0.15) is 6.10 Å². The van der Waals surface area contributed by atoms with Crippen LogP contribution < -0.4 is 5.73 Å². The van der Waals surface area contributed by atoms with Crippen LogP contribution in [0.3, 0.4) is 0 Å². The van der Waals surface area contributed by atoms with E-state index < -0.39 is 0 Å². The number of thiophene rings is 1. The molecule has 1 unspecified atom stereocenters. The summed E-state index contributed by atoms with van der Waals surface area (Å²) in [6.45, 7) is 3.61. The van der Waals surface area contributed by atoms with Crippen LogP contribution in [0.5, 0.6) is 0 Å². The van der Waals surface area contributed by atoms with Gasteiger partial charge in [-0.3, -0.25) is 0 Å².